The molecule has 0 aliphatic heterocycles. The summed E-state index contributed by atoms with van der Waals surface area (Å²) in [6, 6.07) is 0. The van der Waals surface area contributed by atoms with Crippen molar-refractivity contribution in [3.05, 3.63) is 22.0 Å². The summed E-state index contributed by atoms with van der Waals surface area (Å²) in [5.74, 6) is 0.0490. The van der Waals surface area contributed by atoms with Gasteiger partial charge in [0.2, 0.25) is 0 Å². The van der Waals surface area contributed by atoms with Gasteiger partial charge < -0.3 is 5.73 Å². The molecule has 0 aliphatic rings. The van der Waals surface area contributed by atoms with Crippen LogP contribution in [0.3, 0.4) is 0 Å². The summed E-state index contributed by atoms with van der Waals surface area (Å²) in [5.41, 5.74) is 5.95. The van der Waals surface area contributed by atoms with Crippen molar-refractivity contribution in [1.82, 2.24) is 10.2 Å². The summed E-state index contributed by atoms with van der Waals surface area (Å²) in [6.45, 7) is 2.39. The Kier molecular flexibility index (Phi) is 2.97. The second-order valence-corrected chi connectivity index (χ2v) is 2.90. The summed E-state index contributed by atoms with van der Waals surface area (Å²) in [7, 11) is 0. The number of rotatable bonds is 4. The van der Waals surface area contributed by atoms with Crippen molar-refractivity contribution in [2.75, 3.05) is 6.54 Å². The molecule has 1 unspecified atom stereocenters. The number of H-pyrrole nitrogens is 1. The van der Waals surface area contributed by atoms with Gasteiger partial charge in [-0.1, -0.05) is 6.92 Å². The Labute approximate surface area is 75.3 Å². The van der Waals surface area contributed by atoms with Crippen molar-refractivity contribution in [2.24, 2.45) is 5.73 Å². The van der Waals surface area contributed by atoms with Gasteiger partial charge >= 0.3 is 5.69 Å². The lowest BCUT2D eigenvalue weighted by Crippen LogP contribution is -2.06. The first-order valence-corrected chi connectivity index (χ1v) is 4.04. The molecule has 1 aromatic heterocycles. The lowest BCUT2D eigenvalue weighted by Gasteiger charge is -2.05. The molecule has 0 spiro atoms. The molecule has 0 aromatic carbocycles. The fourth-order valence-corrected chi connectivity index (χ4v) is 1.19. The standard InChI is InChI=1S/C7H12N4O2/c1-5(2-3-8)7-6(11(12)13)4-9-10-7/h4-5H,2-3,8H2,1H3,(H,9,10). The van der Waals surface area contributed by atoms with Crippen molar-refractivity contribution in [2.45, 2.75) is 19.3 Å². The van der Waals surface area contributed by atoms with Gasteiger partial charge in [-0.25, -0.2) is 0 Å². The molecule has 1 heterocycles. The summed E-state index contributed by atoms with van der Waals surface area (Å²) in [6.07, 6.45) is 1.94. The Morgan fingerprint density at radius 2 is 2.54 bits per heavy atom. The maximum atomic E-state index is 10.5. The normalized spacial score (nSPS) is 12.8. The molecule has 0 aliphatic carbocycles. The molecular weight excluding hydrogens is 172 g/mol. The van der Waals surface area contributed by atoms with Crippen LogP contribution in [-0.2, 0) is 0 Å². The molecule has 0 saturated heterocycles. The van der Waals surface area contributed by atoms with Crippen LogP contribution >= 0.6 is 0 Å². The number of nitrogens with two attached hydrogens (primary N) is 1. The third kappa shape index (κ3) is 2.03. The molecule has 72 valence electrons. The van der Waals surface area contributed by atoms with Gasteiger partial charge in [0.15, 0.2) is 0 Å². The van der Waals surface area contributed by atoms with Gasteiger partial charge in [-0.2, -0.15) is 5.10 Å². The molecule has 0 fully saturated rings. The van der Waals surface area contributed by atoms with Crippen LogP contribution in [0.4, 0.5) is 5.69 Å². The highest BCUT2D eigenvalue weighted by molar-refractivity contribution is 5.34. The average Bonchev–Trinajstić information content (AvgIpc) is 2.52. The number of nitrogens with one attached hydrogen (secondary N) is 1. The molecule has 0 amide bonds. The molecule has 13 heavy (non-hydrogen) atoms. The monoisotopic (exact) mass is 184 g/mol. The van der Waals surface area contributed by atoms with Crippen molar-refractivity contribution in [1.29, 1.82) is 0 Å². The van der Waals surface area contributed by atoms with E-state index in [4.69, 9.17) is 5.73 Å². The molecule has 1 aromatic rings. The van der Waals surface area contributed by atoms with Crippen LogP contribution in [0.1, 0.15) is 25.0 Å². The lowest BCUT2D eigenvalue weighted by molar-refractivity contribution is -0.385. The van der Waals surface area contributed by atoms with Crippen LogP contribution in [0, 0.1) is 10.1 Å². The van der Waals surface area contributed by atoms with Gasteiger partial charge in [0.05, 0.1) is 4.92 Å². The molecule has 0 radical (unpaired) electrons. The third-order valence-corrected chi connectivity index (χ3v) is 1.94. The van der Waals surface area contributed by atoms with Gasteiger partial charge in [0.25, 0.3) is 0 Å². The van der Waals surface area contributed by atoms with Crippen molar-refractivity contribution < 1.29 is 4.92 Å². The SMILES string of the molecule is CC(CCN)c1[nH]ncc1[N+](=O)[O-]. The molecule has 1 atom stereocenters. The second kappa shape index (κ2) is 3.99. The minimum atomic E-state index is -0.439. The summed E-state index contributed by atoms with van der Waals surface area (Å²) < 4.78 is 0. The summed E-state index contributed by atoms with van der Waals surface area (Å²) in [5, 5.41) is 16.8. The van der Waals surface area contributed by atoms with Crippen LogP contribution in [0.25, 0.3) is 0 Å². The molecule has 0 bridgehead atoms. The number of aromatic nitrogens is 2. The molecule has 0 saturated carbocycles. The van der Waals surface area contributed by atoms with E-state index in [2.05, 4.69) is 10.2 Å². The summed E-state index contributed by atoms with van der Waals surface area (Å²) >= 11 is 0. The van der Waals surface area contributed by atoms with Gasteiger partial charge in [0, 0.05) is 5.92 Å². The molecule has 1 rings (SSSR count). The van der Waals surface area contributed by atoms with Crippen LogP contribution in [-0.4, -0.2) is 21.7 Å². The van der Waals surface area contributed by atoms with E-state index < -0.39 is 4.92 Å². The van der Waals surface area contributed by atoms with Crippen molar-refractivity contribution in [3.63, 3.8) is 0 Å². The number of aromatic amines is 1. The Bertz CT molecular complexity index is 296. The van der Waals surface area contributed by atoms with E-state index >= 15 is 0 Å². The van der Waals surface area contributed by atoms with E-state index in [9.17, 15) is 10.1 Å². The molecule has 3 N–H and O–H groups in total. The predicted molar refractivity (Wildman–Crippen MR) is 47.3 cm³/mol. The van der Waals surface area contributed by atoms with Crippen LogP contribution in [0.15, 0.2) is 6.20 Å². The predicted octanol–water partition coefficient (Wildman–Crippen LogP) is 0.770. The first-order valence-electron chi connectivity index (χ1n) is 4.04. The molecule has 6 heteroatoms. The van der Waals surface area contributed by atoms with Crippen LogP contribution < -0.4 is 5.73 Å². The second-order valence-electron chi connectivity index (χ2n) is 2.90. The topological polar surface area (TPSA) is 97.8 Å². The lowest BCUT2D eigenvalue weighted by atomic mass is 10.0. The highest BCUT2D eigenvalue weighted by Crippen LogP contribution is 2.25. The zero-order valence-electron chi connectivity index (χ0n) is 7.36. The highest BCUT2D eigenvalue weighted by Gasteiger charge is 2.20. The van der Waals surface area contributed by atoms with E-state index in [1.807, 2.05) is 6.92 Å². The fraction of sp³-hybridized carbons (Fsp3) is 0.571. The zero-order valence-corrected chi connectivity index (χ0v) is 7.36. The van der Waals surface area contributed by atoms with Crippen LogP contribution in [0.2, 0.25) is 0 Å². The van der Waals surface area contributed by atoms with Gasteiger partial charge in [-0.3, -0.25) is 15.2 Å². The number of hydrogen-bond acceptors (Lipinski definition) is 4. The first kappa shape index (κ1) is 9.66. The Hall–Kier alpha value is -1.43. The smallest absolute Gasteiger partial charge is 0.310 e. The van der Waals surface area contributed by atoms with Gasteiger partial charge in [0.1, 0.15) is 11.9 Å². The van der Waals surface area contributed by atoms with Crippen molar-refractivity contribution >= 4 is 5.69 Å². The first-order chi connectivity index (χ1) is 6.16. The van der Waals surface area contributed by atoms with E-state index in [1.54, 1.807) is 0 Å². The van der Waals surface area contributed by atoms with E-state index in [0.717, 1.165) is 0 Å². The number of hydrogen-bond donors (Lipinski definition) is 2. The maximum Gasteiger partial charge on any atom is 0.310 e. The summed E-state index contributed by atoms with van der Waals surface area (Å²) in [4.78, 5) is 10.1. The quantitative estimate of drug-likeness (QED) is 0.533. The Balaban J connectivity index is 2.86. The average molecular weight is 184 g/mol. The molecular formula is C7H12N4O2. The van der Waals surface area contributed by atoms with E-state index in [1.165, 1.54) is 6.20 Å². The fourth-order valence-electron chi connectivity index (χ4n) is 1.19. The van der Waals surface area contributed by atoms with Gasteiger partial charge in [-0.15, -0.1) is 0 Å². The number of nitro groups is 1. The minimum absolute atomic E-state index is 0.0425. The number of nitrogens with zero attached hydrogens (tertiary/aromatic N) is 2. The zero-order chi connectivity index (χ0) is 9.84. The Morgan fingerprint density at radius 1 is 1.85 bits per heavy atom. The molecule has 6 nitrogen and oxygen atoms in total. The van der Waals surface area contributed by atoms with Crippen molar-refractivity contribution in [3.8, 4) is 0 Å². The highest BCUT2D eigenvalue weighted by atomic mass is 16.6. The van der Waals surface area contributed by atoms with Gasteiger partial charge in [-0.05, 0) is 13.0 Å². The Morgan fingerprint density at radius 3 is 3.08 bits per heavy atom. The largest absolute Gasteiger partial charge is 0.330 e. The third-order valence-electron chi connectivity index (χ3n) is 1.94. The van der Waals surface area contributed by atoms with E-state index in [-0.39, 0.29) is 11.6 Å². The van der Waals surface area contributed by atoms with E-state index in [0.29, 0.717) is 18.7 Å². The van der Waals surface area contributed by atoms with Crippen LogP contribution in [0.5, 0.6) is 0 Å². The maximum absolute atomic E-state index is 10.5. The minimum Gasteiger partial charge on any atom is -0.330 e.